The Morgan fingerprint density at radius 3 is 2.71 bits per heavy atom. The van der Waals surface area contributed by atoms with E-state index in [2.05, 4.69) is 53.6 Å². The molecule has 0 fully saturated rings. The summed E-state index contributed by atoms with van der Waals surface area (Å²) in [5, 5.41) is 7.40. The third kappa shape index (κ3) is 4.95. The zero-order valence-electron chi connectivity index (χ0n) is 12.9. The minimum Gasteiger partial charge on any atom is -0.383 e. The van der Waals surface area contributed by atoms with Gasteiger partial charge >= 0.3 is 0 Å². The first kappa shape index (κ1) is 15.7. The summed E-state index contributed by atoms with van der Waals surface area (Å²) in [6.07, 6.45) is 1.38. The maximum Gasteiger partial charge on any atom is 0.228 e. The minimum absolute atomic E-state index is 0.202. The van der Waals surface area contributed by atoms with Gasteiger partial charge in [-0.3, -0.25) is 0 Å². The van der Waals surface area contributed by atoms with E-state index in [0.717, 1.165) is 12.4 Å². The largest absolute Gasteiger partial charge is 0.383 e. The first-order valence-corrected chi connectivity index (χ1v) is 7.30. The molecule has 0 saturated heterocycles. The number of aromatic nitrogens is 2. The Labute approximate surface area is 125 Å². The highest BCUT2D eigenvalue weighted by Gasteiger charge is 2.14. The number of hydrogen-bond donors (Lipinski definition) is 1. The summed E-state index contributed by atoms with van der Waals surface area (Å²) in [5.74, 6) is 1.38. The molecule has 0 bridgehead atoms. The smallest absolute Gasteiger partial charge is 0.228 e. The van der Waals surface area contributed by atoms with Gasteiger partial charge in [0.15, 0.2) is 5.82 Å². The number of aryl methyl sites for hydroxylation is 1. The van der Waals surface area contributed by atoms with Gasteiger partial charge in [-0.25, -0.2) is 0 Å². The van der Waals surface area contributed by atoms with Gasteiger partial charge in [-0.2, -0.15) is 4.98 Å². The first-order chi connectivity index (χ1) is 10.2. The number of nitrogens with zero attached hydrogens (tertiary/aromatic N) is 2. The molecule has 2 rings (SSSR count). The van der Waals surface area contributed by atoms with Crippen LogP contribution in [0, 0.1) is 6.92 Å². The molecule has 1 aromatic carbocycles. The molecule has 0 saturated carbocycles. The van der Waals surface area contributed by atoms with Gasteiger partial charge in [0, 0.05) is 26.0 Å². The number of methoxy groups -OCH3 is 1. The van der Waals surface area contributed by atoms with E-state index in [1.165, 1.54) is 11.1 Å². The molecule has 2 aromatic rings. The Morgan fingerprint density at radius 1 is 1.29 bits per heavy atom. The Bertz CT molecular complexity index is 531. The molecule has 0 aliphatic rings. The molecule has 0 aliphatic carbocycles. The fourth-order valence-electron chi connectivity index (χ4n) is 2.22. The van der Waals surface area contributed by atoms with Gasteiger partial charge in [-0.05, 0) is 19.0 Å². The van der Waals surface area contributed by atoms with Crippen LogP contribution in [0.3, 0.4) is 0 Å². The summed E-state index contributed by atoms with van der Waals surface area (Å²) in [5.41, 5.74) is 2.44. The number of ether oxygens (including phenoxy) is 1. The molecule has 1 heterocycles. The van der Waals surface area contributed by atoms with Crippen LogP contribution in [0.15, 0.2) is 28.8 Å². The molecule has 1 N–H and O–H groups in total. The number of rotatable bonds is 8. The Balaban J connectivity index is 1.95. The molecule has 5 nitrogen and oxygen atoms in total. The summed E-state index contributed by atoms with van der Waals surface area (Å²) in [4.78, 5) is 4.46. The van der Waals surface area contributed by atoms with E-state index >= 15 is 0 Å². The normalized spacial score (nSPS) is 12.5. The first-order valence-electron chi connectivity index (χ1n) is 7.30. The van der Waals surface area contributed by atoms with Crippen molar-refractivity contribution in [1.82, 2.24) is 15.5 Å². The average molecular weight is 289 g/mol. The van der Waals surface area contributed by atoms with Crippen LogP contribution < -0.4 is 5.32 Å². The molecule has 1 aromatic heterocycles. The lowest BCUT2D eigenvalue weighted by molar-refractivity contribution is 0.162. The quantitative estimate of drug-likeness (QED) is 0.806. The van der Waals surface area contributed by atoms with Gasteiger partial charge in [0.2, 0.25) is 5.89 Å². The Hall–Kier alpha value is -1.72. The Morgan fingerprint density at radius 2 is 2.05 bits per heavy atom. The lowest BCUT2D eigenvalue weighted by Gasteiger charge is -2.14. The van der Waals surface area contributed by atoms with Gasteiger partial charge in [-0.1, -0.05) is 41.9 Å². The zero-order valence-corrected chi connectivity index (χ0v) is 12.9. The van der Waals surface area contributed by atoms with Gasteiger partial charge in [-0.15, -0.1) is 0 Å². The van der Waals surface area contributed by atoms with Crippen molar-refractivity contribution in [3.8, 4) is 0 Å². The van der Waals surface area contributed by atoms with Crippen LogP contribution >= 0.6 is 0 Å². The molecule has 0 aliphatic heterocycles. The van der Waals surface area contributed by atoms with E-state index in [9.17, 15) is 0 Å². The third-order valence-corrected chi connectivity index (χ3v) is 3.27. The van der Waals surface area contributed by atoms with Crippen LogP contribution in [-0.2, 0) is 17.6 Å². The summed E-state index contributed by atoms with van der Waals surface area (Å²) < 4.78 is 10.5. The highest BCUT2D eigenvalue weighted by molar-refractivity contribution is 5.23. The summed E-state index contributed by atoms with van der Waals surface area (Å²) in [7, 11) is 1.70. The molecule has 21 heavy (non-hydrogen) atoms. The van der Waals surface area contributed by atoms with Crippen molar-refractivity contribution in [2.45, 2.75) is 32.7 Å². The van der Waals surface area contributed by atoms with Gasteiger partial charge in [0.1, 0.15) is 0 Å². The highest BCUT2D eigenvalue weighted by atomic mass is 16.5. The number of likely N-dealkylation sites (N-methyl/N-ethyl adjacent to an activating group) is 1. The van der Waals surface area contributed by atoms with Crippen molar-refractivity contribution in [2.24, 2.45) is 0 Å². The molecule has 5 heteroatoms. The van der Waals surface area contributed by atoms with Crippen molar-refractivity contribution in [1.29, 1.82) is 0 Å². The van der Waals surface area contributed by atoms with E-state index in [-0.39, 0.29) is 6.04 Å². The monoisotopic (exact) mass is 289 g/mol. The van der Waals surface area contributed by atoms with Crippen molar-refractivity contribution in [3.63, 3.8) is 0 Å². The fourth-order valence-corrected chi connectivity index (χ4v) is 2.22. The van der Waals surface area contributed by atoms with E-state index < -0.39 is 0 Å². The minimum atomic E-state index is 0.202. The van der Waals surface area contributed by atoms with Crippen LogP contribution in [0.4, 0.5) is 0 Å². The van der Waals surface area contributed by atoms with E-state index in [1.54, 1.807) is 7.11 Å². The number of nitrogens with one attached hydrogen (secondary N) is 1. The predicted molar refractivity (Wildman–Crippen MR) is 81.3 cm³/mol. The molecular formula is C16H23N3O2. The van der Waals surface area contributed by atoms with Gasteiger partial charge < -0.3 is 14.6 Å². The summed E-state index contributed by atoms with van der Waals surface area (Å²) in [6, 6.07) is 8.58. The van der Waals surface area contributed by atoms with E-state index in [0.29, 0.717) is 25.3 Å². The molecule has 114 valence electrons. The predicted octanol–water partition coefficient (Wildman–Crippen LogP) is 2.14. The number of benzene rings is 1. The topological polar surface area (TPSA) is 60.2 Å². The lowest BCUT2D eigenvalue weighted by Crippen LogP contribution is -2.35. The second kappa shape index (κ2) is 7.90. The fraction of sp³-hybridized carbons (Fsp3) is 0.500. The van der Waals surface area contributed by atoms with Gasteiger partial charge in [0.25, 0.3) is 0 Å². The second-order valence-electron chi connectivity index (χ2n) is 5.18. The van der Waals surface area contributed by atoms with E-state index in [1.807, 2.05) is 0 Å². The van der Waals surface area contributed by atoms with Crippen molar-refractivity contribution >= 4 is 0 Å². The van der Waals surface area contributed by atoms with Crippen molar-refractivity contribution < 1.29 is 9.26 Å². The van der Waals surface area contributed by atoms with Crippen LogP contribution in [0.5, 0.6) is 0 Å². The van der Waals surface area contributed by atoms with Crippen LogP contribution in [0.2, 0.25) is 0 Å². The van der Waals surface area contributed by atoms with Crippen LogP contribution in [0.1, 0.15) is 29.8 Å². The van der Waals surface area contributed by atoms with Gasteiger partial charge in [0.05, 0.1) is 6.61 Å². The summed E-state index contributed by atoms with van der Waals surface area (Å²) in [6.45, 7) is 5.66. The van der Waals surface area contributed by atoms with E-state index in [4.69, 9.17) is 9.26 Å². The maximum absolute atomic E-state index is 5.33. The molecule has 0 spiro atoms. The molecule has 1 atom stereocenters. The zero-order chi connectivity index (χ0) is 15.1. The molecule has 0 amide bonds. The standard InChI is InChI=1S/C16H23N3O2/c1-4-17-14(11-20-3)10-16-18-15(19-21-16)9-13-7-5-12(2)6-8-13/h5-8,14,17H,4,9-11H2,1-3H3. The number of hydrogen-bond acceptors (Lipinski definition) is 5. The van der Waals surface area contributed by atoms with Crippen molar-refractivity contribution in [3.05, 3.63) is 47.1 Å². The SMILES string of the molecule is CCNC(COC)Cc1nc(Cc2ccc(C)cc2)no1. The lowest BCUT2D eigenvalue weighted by atomic mass is 10.1. The third-order valence-electron chi connectivity index (χ3n) is 3.27. The highest BCUT2D eigenvalue weighted by Crippen LogP contribution is 2.09. The summed E-state index contributed by atoms with van der Waals surface area (Å²) >= 11 is 0. The van der Waals surface area contributed by atoms with Crippen LogP contribution in [0.25, 0.3) is 0 Å². The Kier molecular flexibility index (Phi) is 5.90. The average Bonchev–Trinajstić information content (AvgIpc) is 2.89. The second-order valence-corrected chi connectivity index (χ2v) is 5.18. The maximum atomic E-state index is 5.33. The molecule has 1 unspecified atom stereocenters. The molecule has 0 radical (unpaired) electrons. The molecular weight excluding hydrogens is 266 g/mol. The van der Waals surface area contributed by atoms with Crippen LogP contribution in [-0.4, -0.2) is 36.4 Å². The van der Waals surface area contributed by atoms with Crippen molar-refractivity contribution in [2.75, 3.05) is 20.3 Å².